The van der Waals surface area contributed by atoms with Gasteiger partial charge in [0.05, 0.1) is 10.7 Å². The van der Waals surface area contributed by atoms with Crippen LogP contribution in [0, 0.1) is 0 Å². The van der Waals surface area contributed by atoms with Gasteiger partial charge in [-0.25, -0.2) is 0 Å². The summed E-state index contributed by atoms with van der Waals surface area (Å²) in [6.45, 7) is 0. The van der Waals surface area contributed by atoms with E-state index in [-0.39, 0.29) is 16.5 Å². The standard InChI is InChI=1S/C16H14Cl3F3N2O/c17-11-6-10(7-12(18)8-11)15(25,16(20,21)22)4-3-9-1-2-13(19)14(5-9)24-23/h1-2,5-8,24-25H,3-4,23H2. The molecular formula is C16H14Cl3F3N2O. The van der Waals surface area contributed by atoms with E-state index in [2.05, 4.69) is 5.43 Å². The van der Waals surface area contributed by atoms with Gasteiger partial charge in [-0.3, -0.25) is 5.84 Å². The summed E-state index contributed by atoms with van der Waals surface area (Å²) in [6, 6.07) is 7.98. The molecule has 0 heterocycles. The van der Waals surface area contributed by atoms with Gasteiger partial charge in [-0.15, -0.1) is 0 Å². The summed E-state index contributed by atoms with van der Waals surface area (Å²) in [6.07, 6.45) is -5.62. The molecule has 0 aromatic heterocycles. The van der Waals surface area contributed by atoms with Crippen LogP contribution in [0.4, 0.5) is 18.9 Å². The number of alkyl halides is 3. The van der Waals surface area contributed by atoms with E-state index in [9.17, 15) is 18.3 Å². The van der Waals surface area contributed by atoms with Crippen LogP contribution in [0.1, 0.15) is 17.5 Å². The number of hydrogen-bond acceptors (Lipinski definition) is 3. The van der Waals surface area contributed by atoms with Gasteiger partial charge in [-0.1, -0.05) is 40.9 Å². The number of aryl methyl sites for hydroxylation is 1. The van der Waals surface area contributed by atoms with Crippen molar-refractivity contribution in [3.63, 3.8) is 0 Å². The summed E-state index contributed by atoms with van der Waals surface area (Å²) >= 11 is 17.4. The number of nitrogens with two attached hydrogens (primary N) is 1. The third kappa shape index (κ3) is 4.51. The zero-order chi connectivity index (χ0) is 18.8. The second kappa shape index (κ2) is 7.60. The molecule has 2 aromatic carbocycles. The maximum Gasteiger partial charge on any atom is 0.421 e. The van der Waals surface area contributed by atoms with Gasteiger partial charge in [-0.2, -0.15) is 13.2 Å². The number of benzene rings is 2. The molecule has 0 radical (unpaired) electrons. The number of nitrogens with one attached hydrogen (secondary N) is 1. The van der Waals surface area contributed by atoms with E-state index >= 15 is 0 Å². The third-order valence-electron chi connectivity index (χ3n) is 3.77. The van der Waals surface area contributed by atoms with Gasteiger partial charge in [0, 0.05) is 10.0 Å². The van der Waals surface area contributed by atoms with Gasteiger partial charge in [-0.05, 0) is 54.3 Å². The monoisotopic (exact) mass is 412 g/mol. The van der Waals surface area contributed by atoms with Crippen LogP contribution in [-0.2, 0) is 12.0 Å². The molecule has 0 spiro atoms. The summed E-state index contributed by atoms with van der Waals surface area (Å²) < 4.78 is 40.7. The molecular weight excluding hydrogens is 400 g/mol. The number of aliphatic hydroxyl groups is 1. The average molecular weight is 414 g/mol. The lowest BCUT2D eigenvalue weighted by atomic mass is 9.87. The lowest BCUT2D eigenvalue weighted by Gasteiger charge is -2.31. The summed E-state index contributed by atoms with van der Waals surface area (Å²) in [7, 11) is 0. The van der Waals surface area contributed by atoms with Crippen LogP contribution in [0.5, 0.6) is 0 Å². The smallest absolute Gasteiger partial charge is 0.376 e. The molecule has 0 aliphatic heterocycles. The van der Waals surface area contributed by atoms with Crippen LogP contribution in [0.2, 0.25) is 15.1 Å². The molecule has 3 nitrogen and oxygen atoms in total. The van der Waals surface area contributed by atoms with E-state index in [1.807, 2.05) is 0 Å². The van der Waals surface area contributed by atoms with Crippen molar-refractivity contribution >= 4 is 40.5 Å². The number of hydrogen-bond donors (Lipinski definition) is 3. The van der Waals surface area contributed by atoms with E-state index in [0.717, 1.165) is 12.1 Å². The first kappa shape index (κ1) is 20.1. The number of halogens is 6. The van der Waals surface area contributed by atoms with Gasteiger partial charge in [0.1, 0.15) is 0 Å². The largest absolute Gasteiger partial charge is 0.421 e. The first-order chi connectivity index (χ1) is 11.6. The minimum atomic E-state index is -4.91. The van der Waals surface area contributed by atoms with Crippen molar-refractivity contribution in [1.29, 1.82) is 0 Å². The fourth-order valence-corrected chi connectivity index (χ4v) is 3.10. The Bertz CT molecular complexity index is 751. The van der Waals surface area contributed by atoms with E-state index < -0.39 is 23.8 Å². The normalized spacial score (nSPS) is 14.2. The lowest BCUT2D eigenvalue weighted by Crippen LogP contribution is -2.42. The summed E-state index contributed by atoms with van der Waals surface area (Å²) in [4.78, 5) is 0. The van der Waals surface area contributed by atoms with Crippen molar-refractivity contribution in [3.8, 4) is 0 Å². The molecule has 0 amide bonds. The van der Waals surface area contributed by atoms with Crippen LogP contribution < -0.4 is 11.3 Å². The zero-order valence-corrected chi connectivity index (χ0v) is 14.9. The highest BCUT2D eigenvalue weighted by Gasteiger charge is 2.54. The van der Waals surface area contributed by atoms with Crippen LogP contribution in [0.25, 0.3) is 0 Å². The van der Waals surface area contributed by atoms with Gasteiger partial charge in [0.2, 0.25) is 0 Å². The van der Waals surface area contributed by atoms with Crippen molar-refractivity contribution in [2.24, 2.45) is 5.84 Å². The molecule has 136 valence electrons. The SMILES string of the molecule is NNc1cc(CCC(O)(c2cc(Cl)cc(Cl)c2)C(F)(F)F)ccc1Cl. The van der Waals surface area contributed by atoms with Crippen LogP contribution >= 0.6 is 34.8 Å². The molecule has 0 saturated carbocycles. The molecule has 0 saturated heterocycles. The number of nitrogen functional groups attached to an aromatic ring is 1. The molecule has 1 atom stereocenters. The molecule has 4 N–H and O–H groups in total. The minimum absolute atomic E-state index is 0.00582. The van der Waals surface area contributed by atoms with E-state index in [0.29, 0.717) is 16.3 Å². The number of hydrazine groups is 1. The van der Waals surface area contributed by atoms with Gasteiger partial charge >= 0.3 is 6.18 Å². The first-order valence-electron chi connectivity index (χ1n) is 7.07. The Hall–Kier alpha value is -1.18. The van der Waals surface area contributed by atoms with Gasteiger partial charge in [0.15, 0.2) is 5.60 Å². The Morgan fingerprint density at radius 2 is 1.60 bits per heavy atom. The predicted molar refractivity (Wildman–Crippen MR) is 94.0 cm³/mol. The van der Waals surface area contributed by atoms with Crippen molar-refractivity contribution in [3.05, 3.63) is 62.6 Å². The average Bonchev–Trinajstić information content (AvgIpc) is 2.51. The molecule has 25 heavy (non-hydrogen) atoms. The molecule has 2 aromatic rings. The molecule has 0 bridgehead atoms. The highest BCUT2D eigenvalue weighted by molar-refractivity contribution is 6.34. The van der Waals surface area contributed by atoms with Crippen molar-refractivity contribution in [2.75, 3.05) is 5.43 Å². The Morgan fingerprint density at radius 3 is 2.12 bits per heavy atom. The lowest BCUT2D eigenvalue weighted by molar-refractivity contribution is -0.269. The minimum Gasteiger partial charge on any atom is -0.376 e. The Labute approximate surface area is 157 Å². The number of anilines is 1. The second-order valence-electron chi connectivity index (χ2n) is 5.47. The van der Waals surface area contributed by atoms with Crippen LogP contribution in [0.15, 0.2) is 36.4 Å². The van der Waals surface area contributed by atoms with Crippen molar-refractivity contribution < 1.29 is 18.3 Å². The Morgan fingerprint density at radius 1 is 1.00 bits per heavy atom. The molecule has 1 unspecified atom stereocenters. The van der Waals surface area contributed by atoms with Crippen molar-refractivity contribution in [2.45, 2.75) is 24.6 Å². The second-order valence-corrected chi connectivity index (χ2v) is 6.75. The Balaban J connectivity index is 2.35. The maximum absolute atomic E-state index is 13.6. The summed E-state index contributed by atoms with van der Waals surface area (Å²) in [5, 5.41) is 10.7. The predicted octanol–water partition coefficient (Wildman–Crippen LogP) is 5.32. The van der Waals surface area contributed by atoms with Crippen LogP contribution in [-0.4, -0.2) is 11.3 Å². The topological polar surface area (TPSA) is 58.3 Å². The first-order valence-corrected chi connectivity index (χ1v) is 8.21. The number of rotatable bonds is 5. The zero-order valence-electron chi connectivity index (χ0n) is 12.7. The molecule has 0 aliphatic carbocycles. The van der Waals surface area contributed by atoms with Gasteiger partial charge in [0.25, 0.3) is 0 Å². The molecule has 0 fully saturated rings. The highest BCUT2D eigenvalue weighted by atomic mass is 35.5. The highest BCUT2D eigenvalue weighted by Crippen LogP contribution is 2.44. The van der Waals surface area contributed by atoms with E-state index in [1.165, 1.54) is 18.2 Å². The van der Waals surface area contributed by atoms with E-state index in [4.69, 9.17) is 40.6 Å². The Kier molecular flexibility index (Phi) is 6.12. The summed E-state index contributed by atoms with van der Waals surface area (Å²) in [5.74, 6) is 5.30. The van der Waals surface area contributed by atoms with Gasteiger partial charge < -0.3 is 10.5 Å². The van der Waals surface area contributed by atoms with Crippen molar-refractivity contribution in [1.82, 2.24) is 0 Å². The van der Waals surface area contributed by atoms with E-state index in [1.54, 1.807) is 6.07 Å². The quantitative estimate of drug-likeness (QED) is 0.459. The molecule has 9 heteroatoms. The fourth-order valence-electron chi connectivity index (χ4n) is 2.41. The molecule has 2 rings (SSSR count). The third-order valence-corrected chi connectivity index (χ3v) is 4.54. The van der Waals surface area contributed by atoms with Crippen LogP contribution in [0.3, 0.4) is 0 Å². The fraction of sp³-hybridized carbons (Fsp3) is 0.250. The molecule has 0 aliphatic rings. The maximum atomic E-state index is 13.6. The summed E-state index contributed by atoms with van der Waals surface area (Å²) in [5.41, 5.74) is -0.258.